The van der Waals surface area contributed by atoms with Gasteiger partial charge in [0.25, 0.3) is 5.91 Å². The standard InChI is InChI=1S/C23H31NO2/c1-6-18-10-12-19(13-11-18)26-22(8-3)23(25)24-21(7-2)20-14-9-16(4)15-17(20)5/h9-15,21-22H,6-8H2,1-5H3,(H,24,25)/t21-,22+/m0/s1. The molecule has 26 heavy (non-hydrogen) atoms. The van der Waals surface area contributed by atoms with Crippen LogP contribution in [0.4, 0.5) is 0 Å². The Morgan fingerprint density at radius 3 is 2.23 bits per heavy atom. The molecule has 0 unspecified atom stereocenters. The van der Waals surface area contributed by atoms with Gasteiger partial charge in [0.1, 0.15) is 5.75 Å². The van der Waals surface area contributed by atoms with E-state index in [0.717, 1.165) is 18.6 Å². The lowest BCUT2D eigenvalue weighted by atomic mass is 9.97. The van der Waals surface area contributed by atoms with Crippen LogP contribution in [0.15, 0.2) is 42.5 Å². The molecule has 140 valence electrons. The minimum Gasteiger partial charge on any atom is -0.481 e. The molecule has 0 saturated heterocycles. The molecule has 0 aliphatic carbocycles. The van der Waals surface area contributed by atoms with E-state index in [4.69, 9.17) is 4.74 Å². The first-order valence-electron chi connectivity index (χ1n) is 9.61. The van der Waals surface area contributed by atoms with Gasteiger partial charge in [-0.25, -0.2) is 0 Å². The van der Waals surface area contributed by atoms with Crippen molar-refractivity contribution in [1.82, 2.24) is 5.32 Å². The number of nitrogens with one attached hydrogen (secondary N) is 1. The fraction of sp³-hybridized carbons (Fsp3) is 0.435. The van der Waals surface area contributed by atoms with E-state index in [9.17, 15) is 4.79 Å². The molecule has 0 aliphatic heterocycles. The van der Waals surface area contributed by atoms with E-state index in [2.05, 4.69) is 51.2 Å². The molecule has 1 N–H and O–H groups in total. The van der Waals surface area contributed by atoms with Gasteiger partial charge >= 0.3 is 0 Å². The highest BCUT2D eigenvalue weighted by Crippen LogP contribution is 2.22. The van der Waals surface area contributed by atoms with Crippen LogP contribution in [-0.4, -0.2) is 12.0 Å². The lowest BCUT2D eigenvalue weighted by molar-refractivity contribution is -0.128. The second kappa shape index (κ2) is 9.42. The van der Waals surface area contributed by atoms with Crippen LogP contribution < -0.4 is 10.1 Å². The molecule has 0 saturated carbocycles. The number of carbonyl (C=O) groups is 1. The van der Waals surface area contributed by atoms with E-state index in [-0.39, 0.29) is 11.9 Å². The summed E-state index contributed by atoms with van der Waals surface area (Å²) >= 11 is 0. The third kappa shape index (κ3) is 5.10. The quantitative estimate of drug-likeness (QED) is 0.700. The molecule has 0 radical (unpaired) electrons. The first kappa shape index (κ1) is 20.0. The normalized spacial score (nSPS) is 13.1. The molecule has 1 amide bonds. The molecule has 0 spiro atoms. The second-order valence-corrected chi connectivity index (χ2v) is 6.84. The predicted molar refractivity (Wildman–Crippen MR) is 108 cm³/mol. The highest BCUT2D eigenvalue weighted by molar-refractivity contribution is 5.81. The Labute approximate surface area is 157 Å². The van der Waals surface area contributed by atoms with Gasteiger partial charge in [0.15, 0.2) is 6.10 Å². The summed E-state index contributed by atoms with van der Waals surface area (Å²) in [7, 11) is 0. The molecule has 0 bridgehead atoms. The Bertz CT molecular complexity index is 721. The molecular weight excluding hydrogens is 322 g/mol. The van der Waals surface area contributed by atoms with Crippen LogP contribution in [0.3, 0.4) is 0 Å². The van der Waals surface area contributed by atoms with Crippen LogP contribution in [0.5, 0.6) is 5.75 Å². The SMILES string of the molecule is CCc1ccc(O[C@H](CC)C(=O)N[C@@H](CC)c2ccc(C)cc2C)cc1. The molecule has 2 aromatic rings. The van der Waals surface area contributed by atoms with Crippen molar-refractivity contribution in [2.75, 3.05) is 0 Å². The Morgan fingerprint density at radius 2 is 1.69 bits per heavy atom. The molecule has 3 nitrogen and oxygen atoms in total. The molecule has 2 aromatic carbocycles. The van der Waals surface area contributed by atoms with Crippen LogP contribution in [0.25, 0.3) is 0 Å². The largest absolute Gasteiger partial charge is 0.481 e. The van der Waals surface area contributed by atoms with Crippen LogP contribution in [-0.2, 0) is 11.2 Å². The third-order valence-corrected chi connectivity index (χ3v) is 4.80. The summed E-state index contributed by atoms with van der Waals surface area (Å²) in [5.41, 5.74) is 4.88. The zero-order valence-corrected chi connectivity index (χ0v) is 16.6. The zero-order valence-electron chi connectivity index (χ0n) is 16.6. The topological polar surface area (TPSA) is 38.3 Å². The molecule has 0 heterocycles. The maximum atomic E-state index is 12.8. The van der Waals surface area contributed by atoms with E-state index >= 15 is 0 Å². The van der Waals surface area contributed by atoms with E-state index in [0.29, 0.717) is 6.42 Å². The van der Waals surface area contributed by atoms with Crippen LogP contribution in [0.1, 0.15) is 61.9 Å². The van der Waals surface area contributed by atoms with Gasteiger partial charge < -0.3 is 10.1 Å². The molecule has 2 rings (SSSR count). The number of amides is 1. The smallest absolute Gasteiger partial charge is 0.261 e. The third-order valence-electron chi connectivity index (χ3n) is 4.80. The van der Waals surface area contributed by atoms with Gasteiger partial charge in [-0.15, -0.1) is 0 Å². The summed E-state index contributed by atoms with van der Waals surface area (Å²) < 4.78 is 5.94. The molecule has 3 heteroatoms. The second-order valence-electron chi connectivity index (χ2n) is 6.84. The summed E-state index contributed by atoms with van der Waals surface area (Å²) in [6, 6.07) is 14.3. The summed E-state index contributed by atoms with van der Waals surface area (Å²) in [5, 5.41) is 3.17. The van der Waals surface area contributed by atoms with E-state index < -0.39 is 6.10 Å². The lowest BCUT2D eigenvalue weighted by Crippen LogP contribution is -2.40. The number of aryl methyl sites for hydroxylation is 3. The Hall–Kier alpha value is -2.29. The number of ether oxygens (including phenoxy) is 1. The average molecular weight is 354 g/mol. The molecule has 2 atom stereocenters. The lowest BCUT2D eigenvalue weighted by Gasteiger charge is -2.24. The summed E-state index contributed by atoms with van der Waals surface area (Å²) in [4.78, 5) is 12.8. The van der Waals surface area contributed by atoms with Crippen LogP contribution >= 0.6 is 0 Å². The first-order valence-corrected chi connectivity index (χ1v) is 9.61. The summed E-state index contributed by atoms with van der Waals surface area (Å²) in [6.45, 7) is 10.4. The summed E-state index contributed by atoms with van der Waals surface area (Å²) in [6.07, 6.45) is 1.98. The monoisotopic (exact) mass is 353 g/mol. The van der Waals surface area contributed by atoms with Gasteiger partial charge in [-0.2, -0.15) is 0 Å². The van der Waals surface area contributed by atoms with Crippen molar-refractivity contribution in [1.29, 1.82) is 0 Å². The van der Waals surface area contributed by atoms with Gasteiger partial charge in [-0.1, -0.05) is 56.7 Å². The number of hydrogen-bond acceptors (Lipinski definition) is 2. The molecule has 0 aromatic heterocycles. The Balaban J connectivity index is 2.08. The highest BCUT2D eigenvalue weighted by Gasteiger charge is 2.22. The van der Waals surface area contributed by atoms with E-state index in [1.807, 2.05) is 31.2 Å². The maximum Gasteiger partial charge on any atom is 0.261 e. The Kier molecular flexibility index (Phi) is 7.26. The number of hydrogen-bond donors (Lipinski definition) is 1. The highest BCUT2D eigenvalue weighted by atomic mass is 16.5. The minimum atomic E-state index is -0.484. The molecule has 0 aliphatic rings. The zero-order chi connectivity index (χ0) is 19.1. The van der Waals surface area contributed by atoms with E-state index in [1.54, 1.807) is 0 Å². The van der Waals surface area contributed by atoms with E-state index in [1.165, 1.54) is 22.3 Å². The van der Waals surface area contributed by atoms with Gasteiger partial charge in [0, 0.05) is 0 Å². The number of carbonyl (C=O) groups excluding carboxylic acids is 1. The average Bonchev–Trinajstić information content (AvgIpc) is 2.65. The van der Waals surface area contributed by atoms with Crippen molar-refractivity contribution in [3.63, 3.8) is 0 Å². The van der Waals surface area contributed by atoms with Crippen molar-refractivity contribution < 1.29 is 9.53 Å². The van der Waals surface area contributed by atoms with Crippen LogP contribution in [0, 0.1) is 13.8 Å². The fourth-order valence-electron chi connectivity index (χ4n) is 3.17. The van der Waals surface area contributed by atoms with Crippen molar-refractivity contribution in [2.45, 2.75) is 66.0 Å². The maximum absolute atomic E-state index is 12.8. The predicted octanol–water partition coefficient (Wildman–Crippen LogP) is 5.29. The van der Waals surface area contributed by atoms with Crippen molar-refractivity contribution in [3.05, 3.63) is 64.7 Å². The molecular formula is C23H31NO2. The van der Waals surface area contributed by atoms with Gasteiger partial charge in [-0.3, -0.25) is 4.79 Å². The van der Waals surface area contributed by atoms with Crippen molar-refractivity contribution >= 4 is 5.91 Å². The fourth-order valence-corrected chi connectivity index (χ4v) is 3.17. The minimum absolute atomic E-state index is 0.00298. The number of rotatable bonds is 8. The van der Waals surface area contributed by atoms with Crippen LogP contribution in [0.2, 0.25) is 0 Å². The first-order chi connectivity index (χ1) is 12.5. The van der Waals surface area contributed by atoms with Gasteiger partial charge in [0.2, 0.25) is 0 Å². The van der Waals surface area contributed by atoms with Gasteiger partial charge in [0.05, 0.1) is 6.04 Å². The molecule has 0 fully saturated rings. The van der Waals surface area contributed by atoms with Crippen molar-refractivity contribution in [3.8, 4) is 5.75 Å². The Morgan fingerprint density at radius 1 is 1.00 bits per heavy atom. The summed E-state index contributed by atoms with van der Waals surface area (Å²) in [5.74, 6) is 0.683. The van der Waals surface area contributed by atoms with Crippen molar-refractivity contribution in [2.24, 2.45) is 0 Å². The number of benzene rings is 2. The van der Waals surface area contributed by atoms with Gasteiger partial charge in [-0.05, 0) is 61.9 Å².